The number of rotatable bonds is 7. The molecule has 10 nitrogen and oxygen atoms in total. The van der Waals surface area contributed by atoms with Gasteiger partial charge in [0.15, 0.2) is 5.78 Å². The highest BCUT2D eigenvalue weighted by Crippen LogP contribution is 2.33. The standard InChI is InChI=1S/C28H33N5O5/c1-8-38-22-11-16-13-33(24(29)17(16)12-18(22)26(35)30-5)14-21(34)15-9-19(28(2,3)4)23-20(10-15)32(6)25(31-23)27(36)37-7/h9-12,29H,8,13-14H2,1-7H3,(H,30,35). The molecule has 0 aliphatic carbocycles. The molecule has 0 spiro atoms. The molecule has 0 fully saturated rings. The highest BCUT2D eigenvalue weighted by molar-refractivity contribution is 6.08. The number of nitrogens with one attached hydrogen (secondary N) is 2. The van der Waals surface area contributed by atoms with Crippen LogP contribution in [0.1, 0.15) is 75.7 Å². The zero-order chi connectivity index (χ0) is 27.9. The van der Waals surface area contributed by atoms with Crippen LogP contribution in [-0.4, -0.2) is 65.3 Å². The van der Waals surface area contributed by atoms with Crippen molar-refractivity contribution in [3.63, 3.8) is 0 Å². The van der Waals surface area contributed by atoms with Crippen LogP contribution in [0.2, 0.25) is 0 Å². The molecule has 4 rings (SSSR count). The molecule has 0 saturated carbocycles. The monoisotopic (exact) mass is 519 g/mol. The van der Waals surface area contributed by atoms with E-state index in [1.54, 1.807) is 41.8 Å². The van der Waals surface area contributed by atoms with Gasteiger partial charge in [0.1, 0.15) is 11.6 Å². The maximum absolute atomic E-state index is 13.6. The van der Waals surface area contributed by atoms with E-state index in [-0.39, 0.29) is 35.3 Å². The van der Waals surface area contributed by atoms with E-state index in [0.717, 1.165) is 11.1 Å². The SMILES string of the molecule is CCOc1cc2c(cc1C(=O)NC)C(=N)N(CC(=O)c1cc(C(C)(C)C)c3nc(C(=O)OC)n(C)c3c1)C2. The minimum Gasteiger partial charge on any atom is -0.493 e. The molecule has 1 aliphatic heterocycles. The average molecular weight is 520 g/mol. The van der Waals surface area contributed by atoms with Crippen molar-refractivity contribution >= 4 is 34.5 Å². The van der Waals surface area contributed by atoms with Crippen molar-refractivity contribution < 1.29 is 23.9 Å². The Bertz CT molecular complexity index is 1480. The minimum atomic E-state index is -0.553. The second-order valence-electron chi connectivity index (χ2n) is 10.3. The summed E-state index contributed by atoms with van der Waals surface area (Å²) in [5, 5.41) is 11.3. The molecule has 10 heteroatoms. The van der Waals surface area contributed by atoms with Gasteiger partial charge in [0.2, 0.25) is 5.82 Å². The summed E-state index contributed by atoms with van der Waals surface area (Å²) in [6.07, 6.45) is 0. The lowest BCUT2D eigenvalue weighted by Crippen LogP contribution is -2.30. The van der Waals surface area contributed by atoms with E-state index in [1.165, 1.54) is 7.11 Å². The molecule has 1 amide bonds. The van der Waals surface area contributed by atoms with E-state index in [4.69, 9.17) is 14.9 Å². The maximum Gasteiger partial charge on any atom is 0.374 e. The van der Waals surface area contributed by atoms with Gasteiger partial charge in [-0.3, -0.25) is 15.0 Å². The summed E-state index contributed by atoms with van der Waals surface area (Å²) in [5.74, 6) is -0.248. The zero-order valence-electron chi connectivity index (χ0n) is 22.8. The van der Waals surface area contributed by atoms with Gasteiger partial charge in [-0.15, -0.1) is 0 Å². The van der Waals surface area contributed by atoms with Gasteiger partial charge in [-0.2, -0.15) is 0 Å². The van der Waals surface area contributed by atoms with Crippen molar-refractivity contribution in [1.29, 1.82) is 5.41 Å². The largest absolute Gasteiger partial charge is 0.493 e. The Morgan fingerprint density at radius 2 is 1.87 bits per heavy atom. The van der Waals surface area contributed by atoms with E-state index in [9.17, 15) is 14.4 Å². The number of esters is 1. The van der Waals surface area contributed by atoms with Gasteiger partial charge in [-0.25, -0.2) is 9.78 Å². The Morgan fingerprint density at radius 3 is 2.47 bits per heavy atom. The summed E-state index contributed by atoms with van der Waals surface area (Å²) in [4.78, 5) is 44.5. The van der Waals surface area contributed by atoms with E-state index in [0.29, 0.717) is 46.6 Å². The number of ether oxygens (including phenoxy) is 2. The molecule has 2 N–H and O–H groups in total. The summed E-state index contributed by atoms with van der Waals surface area (Å²) in [5.41, 5.74) is 4.01. The van der Waals surface area contributed by atoms with Gasteiger partial charge in [0.05, 0.1) is 36.9 Å². The van der Waals surface area contributed by atoms with E-state index in [1.807, 2.05) is 33.8 Å². The van der Waals surface area contributed by atoms with E-state index >= 15 is 0 Å². The summed E-state index contributed by atoms with van der Waals surface area (Å²) < 4.78 is 12.2. The summed E-state index contributed by atoms with van der Waals surface area (Å²) in [6.45, 7) is 8.63. The topological polar surface area (TPSA) is 127 Å². The van der Waals surface area contributed by atoms with Crippen LogP contribution in [0.15, 0.2) is 24.3 Å². The van der Waals surface area contributed by atoms with Gasteiger partial charge in [-0.05, 0) is 47.7 Å². The van der Waals surface area contributed by atoms with Crippen molar-refractivity contribution in [2.24, 2.45) is 7.05 Å². The molecule has 0 atom stereocenters. The van der Waals surface area contributed by atoms with Crippen LogP contribution < -0.4 is 10.1 Å². The number of fused-ring (bicyclic) bond motifs is 2. The fourth-order valence-corrected chi connectivity index (χ4v) is 4.71. The summed E-state index contributed by atoms with van der Waals surface area (Å²) >= 11 is 0. The number of ketones is 1. The van der Waals surface area contributed by atoms with E-state index < -0.39 is 5.97 Å². The van der Waals surface area contributed by atoms with Crippen LogP contribution in [0, 0.1) is 5.41 Å². The molecular weight excluding hydrogens is 486 g/mol. The first kappa shape index (κ1) is 26.8. The van der Waals surface area contributed by atoms with Crippen LogP contribution >= 0.6 is 0 Å². The Labute approximate surface area is 221 Å². The number of hydrogen-bond donors (Lipinski definition) is 2. The van der Waals surface area contributed by atoms with Crippen LogP contribution in [0.5, 0.6) is 5.75 Å². The van der Waals surface area contributed by atoms with Crippen molar-refractivity contribution in [3.05, 3.63) is 57.9 Å². The molecule has 200 valence electrons. The fourth-order valence-electron chi connectivity index (χ4n) is 4.71. The number of methoxy groups -OCH3 is 1. The molecule has 38 heavy (non-hydrogen) atoms. The lowest BCUT2D eigenvalue weighted by molar-refractivity contribution is 0.0583. The summed E-state index contributed by atoms with van der Waals surface area (Å²) in [6, 6.07) is 6.98. The third-order valence-electron chi connectivity index (χ3n) is 6.73. The normalized spacial score (nSPS) is 13.0. The molecule has 2 aromatic carbocycles. The molecule has 0 saturated heterocycles. The number of Topliss-reactive ketones (excluding diaryl/α,β-unsaturated/α-hetero) is 1. The number of imidazole rings is 1. The number of carbonyl (C=O) groups excluding carboxylic acids is 3. The number of amidine groups is 1. The quantitative estimate of drug-likeness (QED) is 0.362. The summed E-state index contributed by atoms with van der Waals surface area (Å²) in [7, 11) is 4.56. The highest BCUT2D eigenvalue weighted by Gasteiger charge is 2.30. The van der Waals surface area contributed by atoms with Gasteiger partial charge in [0.25, 0.3) is 5.91 Å². The van der Waals surface area contributed by atoms with Crippen LogP contribution in [-0.2, 0) is 23.7 Å². The van der Waals surface area contributed by atoms with Crippen LogP contribution in [0.25, 0.3) is 11.0 Å². The predicted octanol–water partition coefficient (Wildman–Crippen LogP) is 3.44. The van der Waals surface area contributed by atoms with Crippen molar-refractivity contribution in [1.82, 2.24) is 19.8 Å². The molecule has 1 aromatic heterocycles. The third-order valence-corrected chi connectivity index (χ3v) is 6.73. The molecule has 2 heterocycles. The first-order valence-electron chi connectivity index (χ1n) is 12.4. The van der Waals surface area contributed by atoms with Crippen molar-refractivity contribution in [3.8, 4) is 5.75 Å². The highest BCUT2D eigenvalue weighted by atomic mass is 16.5. The lowest BCUT2D eigenvalue weighted by Gasteiger charge is -2.21. The molecule has 0 radical (unpaired) electrons. The van der Waals surface area contributed by atoms with E-state index in [2.05, 4.69) is 10.3 Å². The first-order valence-corrected chi connectivity index (χ1v) is 12.4. The van der Waals surface area contributed by atoms with Crippen LogP contribution in [0.4, 0.5) is 0 Å². The maximum atomic E-state index is 13.6. The van der Waals surface area contributed by atoms with Gasteiger partial charge < -0.3 is 24.3 Å². The first-order chi connectivity index (χ1) is 17.9. The average Bonchev–Trinajstić information content (AvgIpc) is 3.37. The Hall–Kier alpha value is -4.21. The van der Waals surface area contributed by atoms with Gasteiger partial charge in [0, 0.05) is 31.8 Å². The third kappa shape index (κ3) is 4.62. The van der Waals surface area contributed by atoms with Gasteiger partial charge >= 0.3 is 5.97 Å². The Balaban J connectivity index is 1.69. The minimum absolute atomic E-state index is 0.0242. The van der Waals surface area contributed by atoms with Crippen LogP contribution in [0.3, 0.4) is 0 Å². The number of hydrogen-bond acceptors (Lipinski definition) is 7. The second kappa shape index (κ2) is 9.92. The number of aryl methyl sites for hydroxylation is 1. The number of nitrogens with zero attached hydrogens (tertiary/aromatic N) is 3. The van der Waals surface area contributed by atoms with Gasteiger partial charge in [-0.1, -0.05) is 20.8 Å². The molecule has 0 bridgehead atoms. The molecule has 0 unspecified atom stereocenters. The molecule has 3 aromatic rings. The van der Waals surface area contributed by atoms with Crippen molar-refractivity contribution in [2.45, 2.75) is 39.7 Å². The molecule has 1 aliphatic rings. The lowest BCUT2D eigenvalue weighted by atomic mass is 9.84. The number of amides is 1. The van der Waals surface area contributed by atoms with Crippen molar-refractivity contribution in [2.75, 3.05) is 27.3 Å². The Kier molecular flexibility index (Phi) is 7.01. The predicted molar refractivity (Wildman–Crippen MR) is 143 cm³/mol. The number of benzene rings is 2. The number of carbonyl (C=O) groups is 3. The second-order valence-corrected chi connectivity index (χ2v) is 10.3. The molecular formula is C28H33N5O5. The zero-order valence-corrected chi connectivity index (χ0v) is 22.8. The fraction of sp³-hybridized carbons (Fsp3) is 0.393. The smallest absolute Gasteiger partial charge is 0.374 e. The Morgan fingerprint density at radius 1 is 1.16 bits per heavy atom. The number of aromatic nitrogens is 2.